The summed E-state index contributed by atoms with van der Waals surface area (Å²) in [5.41, 5.74) is 0.685. The first-order valence-corrected chi connectivity index (χ1v) is 9.68. The largest absolute Gasteiger partial charge is 0.486 e. The van der Waals surface area contributed by atoms with E-state index in [4.69, 9.17) is 14.2 Å². The minimum atomic E-state index is 0.0961. The smallest absolute Gasteiger partial charge is 0.254 e. The Morgan fingerprint density at radius 2 is 1.85 bits per heavy atom. The van der Waals surface area contributed by atoms with Gasteiger partial charge in [-0.3, -0.25) is 9.69 Å². The second-order valence-electron chi connectivity index (χ2n) is 7.63. The average Bonchev–Trinajstić information content (AvgIpc) is 3.08. The van der Waals surface area contributed by atoms with Crippen LogP contribution in [0.25, 0.3) is 0 Å². The Hall–Kier alpha value is -1.79. The fourth-order valence-electron chi connectivity index (χ4n) is 4.37. The van der Waals surface area contributed by atoms with Gasteiger partial charge in [-0.15, -0.1) is 0 Å². The van der Waals surface area contributed by atoms with Crippen molar-refractivity contribution in [1.82, 2.24) is 9.80 Å². The van der Waals surface area contributed by atoms with Crippen LogP contribution in [-0.2, 0) is 4.74 Å². The molecule has 1 amide bonds. The summed E-state index contributed by atoms with van der Waals surface area (Å²) in [7, 11) is 0. The minimum Gasteiger partial charge on any atom is -0.486 e. The van der Waals surface area contributed by atoms with Crippen molar-refractivity contribution >= 4 is 5.91 Å². The number of hydrogen-bond acceptors (Lipinski definition) is 5. The summed E-state index contributed by atoms with van der Waals surface area (Å²) < 4.78 is 17.0. The molecule has 26 heavy (non-hydrogen) atoms. The SMILES string of the molecule is C[C@@H]1CN(C[C@H]2CCCN2C(=O)c2ccc3c(c2)OCCO3)C[C@@H](C)O1. The lowest BCUT2D eigenvalue weighted by atomic mass is 10.1. The van der Waals surface area contributed by atoms with Crippen molar-refractivity contribution in [3.05, 3.63) is 23.8 Å². The number of amides is 1. The first-order valence-electron chi connectivity index (χ1n) is 9.68. The first kappa shape index (κ1) is 17.6. The molecule has 2 fully saturated rings. The van der Waals surface area contributed by atoms with Crippen LogP contribution in [-0.4, -0.2) is 73.3 Å². The molecule has 0 unspecified atom stereocenters. The maximum absolute atomic E-state index is 13.1. The average molecular weight is 360 g/mol. The van der Waals surface area contributed by atoms with E-state index < -0.39 is 0 Å². The Balaban J connectivity index is 1.45. The zero-order valence-electron chi connectivity index (χ0n) is 15.6. The molecule has 0 radical (unpaired) electrons. The minimum absolute atomic E-state index is 0.0961. The van der Waals surface area contributed by atoms with Gasteiger partial charge in [0, 0.05) is 37.8 Å². The van der Waals surface area contributed by atoms with Crippen LogP contribution in [0.2, 0.25) is 0 Å². The molecule has 3 aliphatic rings. The molecular formula is C20H28N2O4. The molecule has 3 aliphatic heterocycles. The van der Waals surface area contributed by atoms with Crippen molar-refractivity contribution < 1.29 is 19.0 Å². The van der Waals surface area contributed by atoms with Gasteiger partial charge < -0.3 is 19.1 Å². The van der Waals surface area contributed by atoms with E-state index in [1.807, 2.05) is 23.1 Å². The number of ether oxygens (including phenoxy) is 3. The Kier molecular flexibility index (Phi) is 5.05. The van der Waals surface area contributed by atoms with E-state index in [2.05, 4.69) is 18.7 Å². The highest BCUT2D eigenvalue weighted by molar-refractivity contribution is 5.95. The highest BCUT2D eigenvalue weighted by Crippen LogP contribution is 2.32. The van der Waals surface area contributed by atoms with Crippen LogP contribution < -0.4 is 9.47 Å². The van der Waals surface area contributed by atoms with Crippen molar-refractivity contribution in [3.63, 3.8) is 0 Å². The lowest BCUT2D eigenvalue weighted by Crippen LogP contribution is -2.50. The van der Waals surface area contributed by atoms with Gasteiger partial charge >= 0.3 is 0 Å². The maximum Gasteiger partial charge on any atom is 0.254 e. The first-order chi connectivity index (χ1) is 12.6. The maximum atomic E-state index is 13.1. The third kappa shape index (κ3) is 3.67. The third-order valence-corrected chi connectivity index (χ3v) is 5.39. The van der Waals surface area contributed by atoms with Crippen LogP contribution in [0.3, 0.4) is 0 Å². The van der Waals surface area contributed by atoms with E-state index in [0.29, 0.717) is 24.5 Å². The topological polar surface area (TPSA) is 51.2 Å². The van der Waals surface area contributed by atoms with E-state index >= 15 is 0 Å². The third-order valence-electron chi connectivity index (χ3n) is 5.39. The fraction of sp³-hybridized carbons (Fsp3) is 0.650. The summed E-state index contributed by atoms with van der Waals surface area (Å²) in [6, 6.07) is 5.79. The molecule has 6 nitrogen and oxygen atoms in total. The standard InChI is InChI=1S/C20H28N2O4/c1-14-11-21(12-15(2)26-14)13-17-4-3-7-22(17)20(23)16-5-6-18-19(10-16)25-9-8-24-18/h5-6,10,14-15,17H,3-4,7-9,11-13H2,1-2H3/t14-,15-,17-/m1/s1. The van der Waals surface area contributed by atoms with Gasteiger partial charge in [0.15, 0.2) is 11.5 Å². The molecule has 4 rings (SSSR count). The molecule has 3 heterocycles. The Labute approximate surface area is 155 Å². The van der Waals surface area contributed by atoms with Gasteiger partial charge in [0.2, 0.25) is 0 Å². The number of carbonyl (C=O) groups is 1. The quantitative estimate of drug-likeness (QED) is 0.827. The number of carbonyl (C=O) groups excluding carboxylic acids is 1. The number of morpholine rings is 1. The van der Waals surface area contributed by atoms with Gasteiger partial charge in [-0.1, -0.05) is 0 Å². The van der Waals surface area contributed by atoms with Crippen LogP contribution in [0.15, 0.2) is 18.2 Å². The summed E-state index contributed by atoms with van der Waals surface area (Å²) in [6.07, 6.45) is 2.64. The molecule has 0 bridgehead atoms. The van der Waals surface area contributed by atoms with Gasteiger partial charge in [-0.2, -0.15) is 0 Å². The zero-order valence-corrected chi connectivity index (χ0v) is 15.6. The van der Waals surface area contributed by atoms with Crippen molar-refractivity contribution in [2.24, 2.45) is 0 Å². The van der Waals surface area contributed by atoms with Crippen molar-refractivity contribution in [2.75, 3.05) is 39.4 Å². The number of nitrogens with zero attached hydrogens (tertiary/aromatic N) is 2. The highest BCUT2D eigenvalue weighted by Gasteiger charge is 2.33. The van der Waals surface area contributed by atoms with Crippen molar-refractivity contribution in [3.8, 4) is 11.5 Å². The van der Waals surface area contributed by atoms with E-state index in [1.54, 1.807) is 0 Å². The van der Waals surface area contributed by atoms with Crippen LogP contribution >= 0.6 is 0 Å². The Morgan fingerprint density at radius 3 is 2.62 bits per heavy atom. The van der Waals surface area contributed by atoms with Crippen LogP contribution in [0.5, 0.6) is 11.5 Å². The molecule has 6 heteroatoms. The summed E-state index contributed by atoms with van der Waals surface area (Å²) >= 11 is 0. The van der Waals surface area contributed by atoms with E-state index in [9.17, 15) is 4.79 Å². The second-order valence-corrected chi connectivity index (χ2v) is 7.63. The summed E-state index contributed by atoms with van der Waals surface area (Å²) in [6.45, 7) is 8.96. The summed E-state index contributed by atoms with van der Waals surface area (Å²) in [5, 5.41) is 0. The molecule has 142 valence electrons. The Bertz CT molecular complexity index is 655. The van der Waals surface area contributed by atoms with E-state index in [0.717, 1.165) is 44.8 Å². The van der Waals surface area contributed by atoms with Gasteiger partial charge in [0.25, 0.3) is 5.91 Å². The molecule has 0 aliphatic carbocycles. The molecule has 0 N–H and O–H groups in total. The predicted molar refractivity (Wildman–Crippen MR) is 97.9 cm³/mol. The number of fused-ring (bicyclic) bond motifs is 1. The van der Waals surface area contributed by atoms with Gasteiger partial charge in [0.1, 0.15) is 13.2 Å². The molecule has 1 aromatic carbocycles. The highest BCUT2D eigenvalue weighted by atomic mass is 16.6. The molecule has 2 saturated heterocycles. The van der Waals surface area contributed by atoms with Gasteiger partial charge in [0.05, 0.1) is 12.2 Å². The van der Waals surface area contributed by atoms with E-state index in [1.165, 1.54) is 0 Å². The lowest BCUT2D eigenvalue weighted by Gasteiger charge is -2.38. The normalized spacial score (nSPS) is 29.0. The predicted octanol–water partition coefficient (Wildman–Crippen LogP) is 2.17. The summed E-state index contributed by atoms with van der Waals surface area (Å²) in [4.78, 5) is 17.6. The van der Waals surface area contributed by atoms with Gasteiger partial charge in [-0.25, -0.2) is 0 Å². The molecule has 0 spiro atoms. The fourth-order valence-corrected chi connectivity index (χ4v) is 4.37. The van der Waals surface area contributed by atoms with Crippen LogP contribution in [0.1, 0.15) is 37.0 Å². The Morgan fingerprint density at radius 1 is 1.12 bits per heavy atom. The van der Waals surface area contributed by atoms with E-state index in [-0.39, 0.29) is 24.2 Å². The van der Waals surface area contributed by atoms with Gasteiger partial charge in [-0.05, 0) is 44.9 Å². The molecule has 1 aromatic rings. The zero-order chi connectivity index (χ0) is 18.1. The molecule has 0 aromatic heterocycles. The van der Waals surface area contributed by atoms with Crippen molar-refractivity contribution in [1.29, 1.82) is 0 Å². The second kappa shape index (κ2) is 7.45. The molecule has 0 saturated carbocycles. The number of benzene rings is 1. The van der Waals surface area contributed by atoms with Crippen LogP contribution in [0, 0.1) is 0 Å². The van der Waals surface area contributed by atoms with Crippen molar-refractivity contribution in [2.45, 2.75) is 44.9 Å². The van der Waals surface area contributed by atoms with Crippen LogP contribution in [0.4, 0.5) is 0 Å². The molecular weight excluding hydrogens is 332 g/mol. The number of hydrogen-bond donors (Lipinski definition) is 0. The number of rotatable bonds is 3. The lowest BCUT2D eigenvalue weighted by molar-refractivity contribution is -0.0715. The molecule has 3 atom stereocenters. The summed E-state index contributed by atoms with van der Waals surface area (Å²) in [5.74, 6) is 1.49. The monoisotopic (exact) mass is 360 g/mol. The number of likely N-dealkylation sites (tertiary alicyclic amines) is 1.